The number of hydrogen-bond donors (Lipinski definition) is 0. The summed E-state index contributed by atoms with van der Waals surface area (Å²) in [6.07, 6.45) is 10.6. The molecule has 0 N–H and O–H groups in total. The zero-order chi connectivity index (χ0) is 17.4. The lowest BCUT2D eigenvalue weighted by Gasteiger charge is -2.51. The number of carbonyl (C=O) groups excluding carboxylic acids is 1. The second-order valence-corrected chi connectivity index (χ2v) is 8.66. The number of thiazole rings is 1. The fourth-order valence-electron chi connectivity index (χ4n) is 4.46. The summed E-state index contributed by atoms with van der Waals surface area (Å²) in [5.41, 5.74) is -0.622. The minimum atomic E-state index is -0.622. The second-order valence-electron chi connectivity index (χ2n) is 7.62. The number of amides is 1. The molecule has 0 radical (unpaired) electrons. The maximum absolute atomic E-state index is 13.2. The van der Waals surface area contributed by atoms with Gasteiger partial charge in [-0.2, -0.15) is 5.26 Å². The molecule has 1 amide bonds. The molecule has 1 aliphatic carbocycles. The fourth-order valence-corrected chi connectivity index (χ4v) is 5.57. The van der Waals surface area contributed by atoms with Crippen LogP contribution in [0.1, 0.15) is 49.8 Å². The molecule has 7 heteroatoms. The average Bonchev–Trinajstić information content (AvgIpc) is 3.13. The Morgan fingerprint density at radius 1 is 1.24 bits per heavy atom. The molecule has 1 aromatic rings. The maximum atomic E-state index is 13.2. The molecule has 2 aliphatic heterocycles. The van der Waals surface area contributed by atoms with Gasteiger partial charge >= 0.3 is 0 Å². The predicted molar refractivity (Wildman–Crippen MR) is 97.5 cm³/mol. The van der Waals surface area contributed by atoms with E-state index in [0.29, 0.717) is 25.6 Å². The topological polar surface area (TPSA) is 63.5 Å². The monoisotopic (exact) mass is 359 g/mol. The van der Waals surface area contributed by atoms with E-state index in [1.165, 1.54) is 37.0 Å². The minimum absolute atomic E-state index is 0.0863. The van der Waals surface area contributed by atoms with Crippen LogP contribution in [-0.4, -0.2) is 59.0 Å². The van der Waals surface area contributed by atoms with Crippen molar-refractivity contribution in [3.63, 3.8) is 0 Å². The third-order valence-electron chi connectivity index (χ3n) is 6.03. The van der Waals surface area contributed by atoms with Gasteiger partial charge in [-0.25, -0.2) is 4.98 Å². The highest BCUT2D eigenvalue weighted by Gasteiger charge is 2.49. The molecule has 2 saturated heterocycles. The van der Waals surface area contributed by atoms with Crippen LogP contribution < -0.4 is 4.90 Å². The number of nitrogens with zero attached hydrogens (tertiary/aromatic N) is 5. The molecule has 3 fully saturated rings. The second kappa shape index (κ2) is 6.58. The summed E-state index contributed by atoms with van der Waals surface area (Å²) < 4.78 is 0. The summed E-state index contributed by atoms with van der Waals surface area (Å²) in [5, 5.41) is 10.1. The average molecular weight is 359 g/mol. The van der Waals surface area contributed by atoms with Crippen molar-refractivity contribution >= 4 is 22.4 Å². The smallest absolute Gasteiger partial charge is 0.250 e. The summed E-state index contributed by atoms with van der Waals surface area (Å²) in [6, 6.07) is 0. The van der Waals surface area contributed by atoms with Gasteiger partial charge in [0.15, 0.2) is 11.3 Å². The lowest BCUT2D eigenvalue weighted by atomic mass is 9.89. The number of aromatic nitrogens is 1. The van der Waals surface area contributed by atoms with Crippen molar-refractivity contribution in [3.05, 3.63) is 11.1 Å². The van der Waals surface area contributed by atoms with Crippen molar-refractivity contribution in [2.24, 2.45) is 0 Å². The number of fused-ring (bicyclic) bond motifs is 1. The van der Waals surface area contributed by atoms with E-state index in [2.05, 4.69) is 16.1 Å². The lowest BCUT2D eigenvalue weighted by Crippen LogP contribution is -2.71. The Morgan fingerprint density at radius 3 is 2.76 bits per heavy atom. The summed E-state index contributed by atoms with van der Waals surface area (Å²) in [5.74, 6) is 0.707. The molecule has 1 saturated carbocycles. The van der Waals surface area contributed by atoms with Crippen LogP contribution in [0.2, 0.25) is 0 Å². The van der Waals surface area contributed by atoms with Gasteiger partial charge in [0.2, 0.25) is 0 Å². The van der Waals surface area contributed by atoms with Crippen molar-refractivity contribution in [1.82, 2.24) is 14.8 Å². The quantitative estimate of drug-likeness (QED) is 0.759. The van der Waals surface area contributed by atoms with E-state index in [0.717, 1.165) is 18.2 Å². The Kier molecular flexibility index (Phi) is 4.42. The van der Waals surface area contributed by atoms with Crippen LogP contribution in [0.3, 0.4) is 0 Å². The first-order valence-corrected chi connectivity index (χ1v) is 10.1. The van der Waals surface area contributed by atoms with Crippen molar-refractivity contribution in [3.8, 4) is 6.19 Å². The van der Waals surface area contributed by atoms with Crippen molar-refractivity contribution in [1.29, 1.82) is 5.26 Å². The van der Waals surface area contributed by atoms with Crippen molar-refractivity contribution in [2.45, 2.75) is 50.5 Å². The lowest BCUT2D eigenvalue weighted by molar-refractivity contribution is -0.136. The molecule has 0 unspecified atom stereocenters. The molecular weight excluding hydrogens is 334 g/mol. The van der Waals surface area contributed by atoms with Gasteiger partial charge in [0, 0.05) is 37.3 Å². The van der Waals surface area contributed by atoms with Crippen LogP contribution in [0.15, 0.2) is 6.20 Å². The zero-order valence-electron chi connectivity index (χ0n) is 14.8. The first-order valence-electron chi connectivity index (χ1n) is 9.29. The molecule has 4 rings (SSSR count). The van der Waals surface area contributed by atoms with Crippen LogP contribution in [0, 0.1) is 11.5 Å². The van der Waals surface area contributed by atoms with Crippen molar-refractivity contribution in [2.75, 3.05) is 37.6 Å². The van der Waals surface area contributed by atoms with Gasteiger partial charge < -0.3 is 4.90 Å². The molecule has 1 aromatic heterocycles. The molecular formula is C18H25N5OS. The van der Waals surface area contributed by atoms with Gasteiger partial charge in [0.05, 0.1) is 6.54 Å². The largest absolute Gasteiger partial charge is 0.307 e. The van der Waals surface area contributed by atoms with E-state index in [1.807, 2.05) is 18.0 Å². The minimum Gasteiger partial charge on any atom is -0.307 e. The predicted octanol–water partition coefficient (Wildman–Crippen LogP) is 2.39. The van der Waals surface area contributed by atoms with E-state index in [-0.39, 0.29) is 5.91 Å². The standard InChI is InChI=1S/C18H25N5OS/c1-18-12-21(13-19)7-8-22(18)9-10-23(16(18)24)17-20-11-15(25-17)14-5-3-2-4-6-14/h11,14H,2-10,12H2,1H3/t18-/m0/s1. The van der Waals surface area contributed by atoms with Gasteiger partial charge in [0.1, 0.15) is 5.54 Å². The highest BCUT2D eigenvalue weighted by atomic mass is 32.1. The summed E-state index contributed by atoms with van der Waals surface area (Å²) >= 11 is 1.69. The molecule has 0 aromatic carbocycles. The van der Waals surface area contributed by atoms with Crippen LogP contribution >= 0.6 is 11.3 Å². The van der Waals surface area contributed by atoms with E-state index >= 15 is 0 Å². The molecule has 6 nitrogen and oxygen atoms in total. The fraction of sp³-hybridized carbons (Fsp3) is 0.722. The Morgan fingerprint density at radius 2 is 2.00 bits per heavy atom. The molecule has 0 bridgehead atoms. The van der Waals surface area contributed by atoms with Crippen LogP contribution in [0.25, 0.3) is 0 Å². The molecule has 25 heavy (non-hydrogen) atoms. The molecule has 134 valence electrons. The number of piperazine rings is 2. The van der Waals surface area contributed by atoms with Gasteiger partial charge in [-0.05, 0) is 25.7 Å². The van der Waals surface area contributed by atoms with E-state index < -0.39 is 5.54 Å². The summed E-state index contributed by atoms with van der Waals surface area (Å²) in [4.78, 5) is 25.0. The number of nitriles is 1. The number of rotatable bonds is 2. The number of carbonyl (C=O) groups is 1. The maximum Gasteiger partial charge on any atom is 0.250 e. The van der Waals surface area contributed by atoms with Gasteiger partial charge in [-0.1, -0.05) is 19.3 Å². The Balaban J connectivity index is 1.54. The van der Waals surface area contributed by atoms with Gasteiger partial charge in [-0.15, -0.1) is 11.3 Å². The summed E-state index contributed by atoms with van der Waals surface area (Å²) in [7, 11) is 0. The van der Waals surface area contributed by atoms with Crippen LogP contribution in [-0.2, 0) is 4.79 Å². The molecule has 1 atom stereocenters. The van der Waals surface area contributed by atoms with Crippen molar-refractivity contribution < 1.29 is 4.79 Å². The first-order chi connectivity index (χ1) is 12.1. The third-order valence-corrected chi connectivity index (χ3v) is 7.21. The molecule has 3 aliphatic rings. The van der Waals surface area contributed by atoms with Gasteiger partial charge in [-0.3, -0.25) is 14.6 Å². The van der Waals surface area contributed by atoms with Crippen LogP contribution in [0.4, 0.5) is 5.13 Å². The Bertz CT molecular complexity index is 692. The highest BCUT2D eigenvalue weighted by Crippen LogP contribution is 2.39. The van der Waals surface area contributed by atoms with E-state index in [1.54, 1.807) is 16.2 Å². The van der Waals surface area contributed by atoms with Gasteiger partial charge in [0.25, 0.3) is 5.91 Å². The van der Waals surface area contributed by atoms with E-state index in [4.69, 9.17) is 0 Å². The summed E-state index contributed by atoms with van der Waals surface area (Å²) in [6.45, 7) is 5.47. The first kappa shape index (κ1) is 16.8. The Hall–Kier alpha value is -1.65. The number of anilines is 1. The highest BCUT2D eigenvalue weighted by molar-refractivity contribution is 7.15. The number of hydrogen-bond acceptors (Lipinski definition) is 6. The van der Waals surface area contributed by atoms with Crippen LogP contribution in [0.5, 0.6) is 0 Å². The third kappa shape index (κ3) is 2.91. The van der Waals surface area contributed by atoms with E-state index in [9.17, 15) is 10.1 Å². The Labute approximate surface area is 153 Å². The zero-order valence-corrected chi connectivity index (χ0v) is 15.6. The normalized spacial score (nSPS) is 28.7. The SMILES string of the molecule is C[C@@]12CN(C#N)CCN1CCN(c1ncc(C3CCCCC3)s1)C2=O. The molecule has 3 heterocycles. The molecule has 0 spiro atoms.